The minimum absolute atomic E-state index is 0.267. The van der Waals surface area contributed by atoms with Crippen molar-refractivity contribution >= 4 is 5.69 Å². The van der Waals surface area contributed by atoms with E-state index in [1.807, 2.05) is 6.92 Å². The Morgan fingerprint density at radius 3 is 2.13 bits per heavy atom. The normalized spacial score (nSPS) is 11.9. The molecule has 0 bridgehead atoms. The number of nitrogen functional groups attached to an aromatic ring is 1. The van der Waals surface area contributed by atoms with Crippen molar-refractivity contribution in [2.75, 3.05) is 5.73 Å². The largest absolute Gasteiger partial charge is 0.398 e. The zero-order valence-corrected chi connectivity index (χ0v) is 9.00. The van der Waals surface area contributed by atoms with E-state index < -0.39 is 12.6 Å². The standard InChI is InChI=1S/C11H14F3N/c1-6-4-9(5-11(12,13)14)8(3)10(15)7(6)2/h4H,5,15H2,1-3H3. The molecule has 0 aliphatic rings. The maximum absolute atomic E-state index is 12.2. The number of halogens is 3. The number of aryl methyl sites for hydroxylation is 1. The summed E-state index contributed by atoms with van der Waals surface area (Å²) in [6, 6.07) is 1.56. The van der Waals surface area contributed by atoms with Gasteiger partial charge in [-0.15, -0.1) is 0 Å². The number of hydrogen-bond donors (Lipinski definition) is 1. The summed E-state index contributed by atoms with van der Waals surface area (Å²) in [5, 5.41) is 0. The number of alkyl halides is 3. The van der Waals surface area contributed by atoms with Gasteiger partial charge in [0, 0.05) is 5.69 Å². The smallest absolute Gasteiger partial charge is 0.393 e. The first-order valence-corrected chi connectivity index (χ1v) is 4.64. The molecule has 15 heavy (non-hydrogen) atoms. The third-order valence-corrected chi connectivity index (χ3v) is 2.66. The molecule has 84 valence electrons. The molecule has 0 fully saturated rings. The van der Waals surface area contributed by atoms with Gasteiger partial charge in [0.2, 0.25) is 0 Å². The first-order chi connectivity index (χ1) is 6.72. The lowest BCUT2D eigenvalue weighted by atomic mass is 9.96. The van der Waals surface area contributed by atoms with Crippen LogP contribution in [0.2, 0.25) is 0 Å². The molecular formula is C11H14F3N. The molecule has 0 saturated carbocycles. The maximum atomic E-state index is 12.2. The van der Waals surface area contributed by atoms with Crippen molar-refractivity contribution in [2.45, 2.75) is 33.4 Å². The van der Waals surface area contributed by atoms with Crippen molar-refractivity contribution < 1.29 is 13.2 Å². The second kappa shape index (κ2) is 3.76. The van der Waals surface area contributed by atoms with Gasteiger partial charge in [0.25, 0.3) is 0 Å². The average molecular weight is 217 g/mol. The first-order valence-electron chi connectivity index (χ1n) is 4.64. The minimum atomic E-state index is -4.18. The Morgan fingerprint density at radius 2 is 1.67 bits per heavy atom. The van der Waals surface area contributed by atoms with Crippen LogP contribution in [0.5, 0.6) is 0 Å². The van der Waals surface area contributed by atoms with Gasteiger partial charge in [-0.05, 0) is 43.0 Å². The van der Waals surface area contributed by atoms with Crippen molar-refractivity contribution in [1.82, 2.24) is 0 Å². The summed E-state index contributed by atoms with van der Waals surface area (Å²) >= 11 is 0. The number of hydrogen-bond acceptors (Lipinski definition) is 1. The number of anilines is 1. The van der Waals surface area contributed by atoms with Crippen molar-refractivity contribution in [3.63, 3.8) is 0 Å². The molecule has 0 amide bonds. The van der Waals surface area contributed by atoms with Gasteiger partial charge in [-0.3, -0.25) is 0 Å². The van der Waals surface area contributed by atoms with Crippen LogP contribution in [0.15, 0.2) is 6.07 Å². The SMILES string of the molecule is Cc1cc(CC(F)(F)F)c(C)c(N)c1C. The van der Waals surface area contributed by atoms with Crippen molar-refractivity contribution in [2.24, 2.45) is 0 Å². The van der Waals surface area contributed by atoms with Crippen LogP contribution < -0.4 is 5.73 Å². The second-order valence-electron chi connectivity index (χ2n) is 3.81. The quantitative estimate of drug-likeness (QED) is 0.717. The Balaban J connectivity index is 3.21. The van der Waals surface area contributed by atoms with Crippen LogP contribution in [-0.2, 0) is 6.42 Å². The van der Waals surface area contributed by atoms with Crippen LogP contribution in [0.3, 0.4) is 0 Å². The first kappa shape index (κ1) is 11.9. The number of nitrogens with two attached hydrogens (primary N) is 1. The topological polar surface area (TPSA) is 26.0 Å². The molecule has 0 heterocycles. The summed E-state index contributed by atoms with van der Waals surface area (Å²) in [4.78, 5) is 0. The third-order valence-electron chi connectivity index (χ3n) is 2.66. The molecule has 0 unspecified atom stereocenters. The van der Waals surface area contributed by atoms with Crippen molar-refractivity contribution in [3.05, 3.63) is 28.3 Å². The predicted octanol–water partition coefficient (Wildman–Crippen LogP) is 3.30. The summed E-state index contributed by atoms with van der Waals surface area (Å²) in [5.74, 6) is 0. The highest BCUT2D eigenvalue weighted by Crippen LogP contribution is 2.29. The summed E-state index contributed by atoms with van der Waals surface area (Å²) in [7, 11) is 0. The lowest BCUT2D eigenvalue weighted by Crippen LogP contribution is -2.14. The minimum Gasteiger partial charge on any atom is -0.398 e. The van der Waals surface area contributed by atoms with Crippen LogP contribution in [0.1, 0.15) is 22.3 Å². The fraction of sp³-hybridized carbons (Fsp3) is 0.455. The van der Waals surface area contributed by atoms with E-state index in [4.69, 9.17) is 5.73 Å². The van der Waals surface area contributed by atoms with E-state index in [-0.39, 0.29) is 5.56 Å². The van der Waals surface area contributed by atoms with Gasteiger partial charge in [-0.2, -0.15) is 13.2 Å². The second-order valence-corrected chi connectivity index (χ2v) is 3.81. The van der Waals surface area contributed by atoms with E-state index >= 15 is 0 Å². The third kappa shape index (κ3) is 2.64. The molecule has 0 atom stereocenters. The van der Waals surface area contributed by atoms with Crippen LogP contribution in [0, 0.1) is 20.8 Å². The number of benzene rings is 1. The van der Waals surface area contributed by atoms with E-state index in [0.29, 0.717) is 11.3 Å². The highest BCUT2D eigenvalue weighted by molar-refractivity contribution is 5.59. The zero-order chi connectivity index (χ0) is 11.8. The molecule has 1 aromatic rings. The Hall–Kier alpha value is -1.19. The molecule has 1 nitrogen and oxygen atoms in total. The molecule has 4 heteroatoms. The van der Waals surface area contributed by atoms with E-state index in [2.05, 4.69) is 0 Å². The molecule has 1 rings (SSSR count). The van der Waals surface area contributed by atoms with Gasteiger partial charge in [0.15, 0.2) is 0 Å². The molecular weight excluding hydrogens is 203 g/mol. The van der Waals surface area contributed by atoms with E-state index in [1.54, 1.807) is 19.9 Å². The van der Waals surface area contributed by atoms with Crippen LogP contribution in [0.25, 0.3) is 0 Å². The summed E-state index contributed by atoms with van der Waals surface area (Å²) in [5.41, 5.74) is 8.67. The number of rotatable bonds is 1. The average Bonchev–Trinajstić information content (AvgIpc) is 2.08. The summed E-state index contributed by atoms with van der Waals surface area (Å²) < 4.78 is 36.7. The van der Waals surface area contributed by atoms with Gasteiger partial charge in [0.1, 0.15) is 0 Å². The lowest BCUT2D eigenvalue weighted by molar-refractivity contribution is -0.127. The van der Waals surface area contributed by atoms with Crippen LogP contribution in [0.4, 0.5) is 18.9 Å². The van der Waals surface area contributed by atoms with Crippen molar-refractivity contribution in [3.8, 4) is 0 Å². The zero-order valence-electron chi connectivity index (χ0n) is 9.00. The fourth-order valence-electron chi connectivity index (χ4n) is 1.54. The molecule has 1 aromatic carbocycles. The van der Waals surface area contributed by atoms with Crippen LogP contribution >= 0.6 is 0 Å². The van der Waals surface area contributed by atoms with Crippen LogP contribution in [-0.4, -0.2) is 6.18 Å². The molecule has 2 N–H and O–H groups in total. The van der Waals surface area contributed by atoms with E-state index in [9.17, 15) is 13.2 Å². The van der Waals surface area contributed by atoms with Gasteiger partial charge in [0.05, 0.1) is 6.42 Å². The summed E-state index contributed by atoms with van der Waals surface area (Å²) in [6.45, 7) is 5.21. The molecule has 0 saturated heterocycles. The summed E-state index contributed by atoms with van der Waals surface area (Å²) in [6.07, 6.45) is -5.09. The molecule has 0 radical (unpaired) electrons. The molecule has 0 aromatic heterocycles. The molecule has 0 spiro atoms. The van der Waals surface area contributed by atoms with E-state index in [1.165, 1.54) is 0 Å². The van der Waals surface area contributed by atoms with Gasteiger partial charge >= 0.3 is 6.18 Å². The Morgan fingerprint density at radius 1 is 1.13 bits per heavy atom. The Labute approximate surface area is 87.1 Å². The fourth-order valence-corrected chi connectivity index (χ4v) is 1.54. The lowest BCUT2D eigenvalue weighted by Gasteiger charge is -2.15. The van der Waals surface area contributed by atoms with Gasteiger partial charge in [-0.25, -0.2) is 0 Å². The van der Waals surface area contributed by atoms with Crippen molar-refractivity contribution in [1.29, 1.82) is 0 Å². The predicted molar refractivity (Wildman–Crippen MR) is 54.8 cm³/mol. The van der Waals surface area contributed by atoms with Gasteiger partial charge < -0.3 is 5.73 Å². The Kier molecular flexibility index (Phi) is 2.98. The highest BCUT2D eigenvalue weighted by Gasteiger charge is 2.29. The Bertz CT molecular complexity index is 380. The molecule has 0 aliphatic carbocycles. The molecule has 0 aliphatic heterocycles. The maximum Gasteiger partial charge on any atom is 0.393 e. The highest BCUT2D eigenvalue weighted by atomic mass is 19.4. The van der Waals surface area contributed by atoms with Gasteiger partial charge in [-0.1, -0.05) is 6.07 Å². The monoisotopic (exact) mass is 217 g/mol. The van der Waals surface area contributed by atoms with E-state index in [0.717, 1.165) is 11.1 Å².